The van der Waals surface area contributed by atoms with Gasteiger partial charge in [0.25, 0.3) is 0 Å². The van der Waals surface area contributed by atoms with Gasteiger partial charge in [0.05, 0.1) is 0 Å². The first-order valence-corrected chi connectivity index (χ1v) is 7.49. The number of nitrogens with one attached hydrogen (secondary N) is 2. The summed E-state index contributed by atoms with van der Waals surface area (Å²) in [6, 6.07) is 18.3. The highest BCUT2D eigenvalue weighted by molar-refractivity contribution is 5.87. The number of para-hydroxylation sites is 1. The number of hydrogen-bond donors (Lipinski definition) is 2. The summed E-state index contributed by atoms with van der Waals surface area (Å²) < 4.78 is 0. The fraction of sp³-hybridized carbons (Fsp3) is 0.278. The van der Waals surface area contributed by atoms with E-state index in [4.69, 9.17) is 0 Å². The second-order valence-corrected chi connectivity index (χ2v) is 5.44. The van der Waals surface area contributed by atoms with E-state index in [1.165, 1.54) is 11.1 Å². The van der Waals surface area contributed by atoms with E-state index in [2.05, 4.69) is 28.8 Å². The lowest BCUT2D eigenvalue weighted by Gasteiger charge is -2.12. The van der Waals surface area contributed by atoms with E-state index in [0.717, 1.165) is 31.5 Å². The minimum Gasteiger partial charge on any atom is -0.373 e. The molecular formula is C18H21ClN2O. The Labute approximate surface area is 137 Å². The van der Waals surface area contributed by atoms with Gasteiger partial charge in [0.1, 0.15) is 6.04 Å². The molecule has 4 heteroatoms. The first kappa shape index (κ1) is 16.4. The standard InChI is InChI=1S/C18H20N2O.ClH/c21-18(17-13-15-10-4-5-11-16(15)20-17)19-12-6-9-14-7-2-1-3-8-14;/h1-5,7-8,10-11,17,20H,6,9,12-13H2,(H,19,21);1H. The van der Waals surface area contributed by atoms with Gasteiger partial charge in [0.2, 0.25) is 5.91 Å². The van der Waals surface area contributed by atoms with Crippen LogP contribution in [0.25, 0.3) is 0 Å². The maximum atomic E-state index is 12.2. The number of hydrogen-bond acceptors (Lipinski definition) is 2. The molecule has 1 heterocycles. The van der Waals surface area contributed by atoms with Crippen molar-refractivity contribution in [3.8, 4) is 0 Å². The topological polar surface area (TPSA) is 41.1 Å². The van der Waals surface area contributed by atoms with Crippen LogP contribution in [-0.4, -0.2) is 18.5 Å². The largest absolute Gasteiger partial charge is 0.373 e. The van der Waals surface area contributed by atoms with Gasteiger partial charge in [-0.1, -0.05) is 48.5 Å². The summed E-state index contributed by atoms with van der Waals surface area (Å²) in [5.74, 6) is 0.0965. The van der Waals surface area contributed by atoms with E-state index in [-0.39, 0.29) is 24.4 Å². The Morgan fingerprint density at radius 1 is 1.09 bits per heavy atom. The third-order valence-electron chi connectivity index (χ3n) is 3.87. The molecular weight excluding hydrogens is 296 g/mol. The average molecular weight is 317 g/mol. The van der Waals surface area contributed by atoms with Crippen LogP contribution < -0.4 is 10.6 Å². The zero-order valence-corrected chi connectivity index (χ0v) is 13.2. The maximum absolute atomic E-state index is 12.2. The zero-order valence-electron chi connectivity index (χ0n) is 12.4. The molecule has 0 saturated carbocycles. The van der Waals surface area contributed by atoms with Crippen LogP contribution in [0.3, 0.4) is 0 Å². The number of anilines is 1. The number of rotatable bonds is 5. The first-order chi connectivity index (χ1) is 10.3. The number of benzene rings is 2. The van der Waals surface area contributed by atoms with Crippen LogP contribution in [-0.2, 0) is 17.6 Å². The summed E-state index contributed by atoms with van der Waals surface area (Å²) in [7, 11) is 0. The molecule has 1 aliphatic heterocycles. The van der Waals surface area contributed by atoms with Crippen LogP contribution in [0, 0.1) is 0 Å². The highest BCUT2D eigenvalue weighted by Gasteiger charge is 2.25. The van der Waals surface area contributed by atoms with Crippen LogP contribution in [0.2, 0.25) is 0 Å². The molecule has 0 radical (unpaired) electrons. The monoisotopic (exact) mass is 316 g/mol. The highest BCUT2D eigenvalue weighted by Crippen LogP contribution is 2.24. The third kappa shape index (κ3) is 4.01. The summed E-state index contributed by atoms with van der Waals surface area (Å²) >= 11 is 0. The van der Waals surface area contributed by atoms with Gasteiger partial charge in [0, 0.05) is 18.7 Å². The lowest BCUT2D eigenvalue weighted by Crippen LogP contribution is -2.38. The molecule has 0 saturated heterocycles. The van der Waals surface area contributed by atoms with E-state index in [9.17, 15) is 4.79 Å². The van der Waals surface area contributed by atoms with E-state index in [1.54, 1.807) is 0 Å². The van der Waals surface area contributed by atoms with E-state index < -0.39 is 0 Å². The van der Waals surface area contributed by atoms with Crippen molar-refractivity contribution in [3.05, 3.63) is 65.7 Å². The summed E-state index contributed by atoms with van der Waals surface area (Å²) in [6.45, 7) is 0.724. The van der Waals surface area contributed by atoms with E-state index >= 15 is 0 Å². The molecule has 22 heavy (non-hydrogen) atoms. The van der Waals surface area contributed by atoms with Crippen molar-refractivity contribution in [3.63, 3.8) is 0 Å². The Hall–Kier alpha value is -2.00. The van der Waals surface area contributed by atoms with E-state index in [0.29, 0.717) is 0 Å². The molecule has 116 valence electrons. The van der Waals surface area contributed by atoms with Crippen molar-refractivity contribution >= 4 is 24.0 Å². The Morgan fingerprint density at radius 3 is 2.59 bits per heavy atom. The Balaban J connectivity index is 0.00000176. The van der Waals surface area contributed by atoms with Gasteiger partial charge in [-0.15, -0.1) is 12.4 Å². The summed E-state index contributed by atoms with van der Waals surface area (Å²) in [4.78, 5) is 12.2. The van der Waals surface area contributed by atoms with Gasteiger partial charge < -0.3 is 10.6 Å². The highest BCUT2D eigenvalue weighted by atomic mass is 35.5. The second kappa shape index (κ2) is 7.85. The third-order valence-corrected chi connectivity index (χ3v) is 3.87. The minimum absolute atomic E-state index is 0. The van der Waals surface area contributed by atoms with Crippen molar-refractivity contribution in [2.45, 2.75) is 25.3 Å². The zero-order chi connectivity index (χ0) is 14.5. The molecule has 2 N–H and O–H groups in total. The van der Waals surface area contributed by atoms with Crippen molar-refractivity contribution in [2.75, 3.05) is 11.9 Å². The summed E-state index contributed by atoms with van der Waals surface area (Å²) in [5.41, 5.74) is 3.63. The van der Waals surface area contributed by atoms with Gasteiger partial charge in [-0.25, -0.2) is 0 Å². The second-order valence-electron chi connectivity index (χ2n) is 5.44. The van der Waals surface area contributed by atoms with Crippen LogP contribution in [0.1, 0.15) is 17.5 Å². The number of amides is 1. The first-order valence-electron chi connectivity index (χ1n) is 7.49. The normalized spacial score (nSPS) is 15.4. The molecule has 1 aliphatic rings. The lowest BCUT2D eigenvalue weighted by molar-refractivity contribution is -0.121. The van der Waals surface area contributed by atoms with Crippen LogP contribution in [0.4, 0.5) is 5.69 Å². The van der Waals surface area contributed by atoms with Crippen molar-refractivity contribution in [1.29, 1.82) is 0 Å². The molecule has 1 atom stereocenters. The number of halogens is 1. The van der Waals surface area contributed by atoms with Crippen molar-refractivity contribution in [1.82, 2.24) is 5.32 Å². The van der Waals surface area contributed by atoms with Crippen LogP contribution >= 0.6 is 12.4 Å². The molecule has 1 amide bonds. The molecule has 2 aromatic carbocycles. The van der Waals surface area contributed by atoms with Crippen LogP contribution in [0.15, 0.2) is 54.6 Å². The number of carbonyl (C=O) groups is 1. The minimum atomic E-state index is -0.126. The summed E-state index contributed by atoms with van der Waals surface area (Å²) in [6.07, 6.45) is 2.75. The number of fused-ring (bicyclic) bond motifs is 1. The molecule has 0 aliphatic carbocycles. The number of aryl methyl sites for hydroxylation is 1. The van der Waals surface area contributed by atoms with Gasteiger partial charge in [0.15, 0.2) is 0 Å². The van der Waals surface area contributed by atoms with Gasteiger partial charge >= 0.3 is 0 Å². The molecule has 3 nitrogen and oxygen atoms in total. The SMILES string of the molecule is Cl.O=C(NCCCc1ccccc1)C1Cc2ccccc2N1. The molecule has 2 aromatic rings. The van der Waals surface area contributed by atoms with Crippen molar-refractivity contribution < 1.29 is 4.79 Å². The number of carbonyl (C=O) groups excluding carboxylic acids is 1. The smallest absolute Gasteiger partial charge is 0.242 e. The average Bonchev–Trinajstić information content (AvgIpc) is 2.96. The van der Waals surface area contributed by atoms with Crippen LogP contribution in [0.5, 0.6) is 0 Å². The maximum Gasteiger partial charge on any atom is 0.242 e. The summed E-state index contributed by atoms with van der Waals surface area (Å²) in [5, 5.41) is 6.31. The van der Waals surface area contributed by atoms with Gasteiger partial charge in [-0.2, -0.15) is 0 Å². The molecule has 0 aromatic heterocycles. The van der Waals surface area contributed by atoms with Gasteiger partial charge in [-0.3, -0.25) is 4.79 Å². The predicted molar refractivity (Wildman–Crippen MR) is 92.6 cm³/mol. The fourth-order valence-electron chi connectivity index (χ4n) is 2.73. The predicted octanol–water partition coefficient (Wildman–Crippen LogP) is 3.19. The fourth-order valence-corrected chi connectivity index (χ4v) is 2.73. The Bertz CT molecular complexity index is 590. The van der Waals surface area contributed by atoms with Gasteiger partial charge in [-0.05, 0) is 30.0 Å². The molecule has 3 rings (SSSR count). The quantitative estimate of drug-likeness (QED) is 0.832. The van der Waals surface area contributed by atoms with Crippen molar-refractivity contribution in [2.24, 2.45) is 0 Å². The lowest BCUT2D eigenvalue weighted by atomic mass is 10.1. The van der Waals surface area contributed by atoms with E-state index in [1.807, 2.05) is 36.4 Å². The Kier molecular flexibility index (Phi) is 5.84. The Morgan fingerprint density at radius 2 is 1.82 bits per heavy atom. The molecule has 1 unspecified atom stereocenters. The molecule has 0 bridgehead atoms. The molecule has 0 fully saturated rings. The molecule has 0 spiro atoms.